The molecule has 0 amide bonds. The van der Waals surface area contributed by atoms with Gasteiger partial charge in [-0.3, -0.25) is 4.57 Å². The summed E-state index contributed by atoms with van der Waals surface area (Å²) in [4.78, 5) is 1.30. The molecule has 7 heteroatoms. The summed E-state index contributed by atoms with van der Waals surface area (Å²) >= 11 is 11.8. The smallest absolute Gasteiger partial charge is 0.207 e. The van der Waals surface area contributed by atoms with E-state index >= 15 is 0 Å². The lowest BCUT2D eigenvalue weighted by Gasteiger charge is -2.26. The van der Waals surface area contributed by atoms with Crippen LogP contribution in [-0.2, 0) is 6.67 Å². The second-order valence-corrected chi connectivity index (χ2v) is 7.74. The SMILES string of the molecule is O[C@@H]1CCC[NH+](Cn2nc(-c3ccc(Cl)cc3)n(-c3ccccc3)c2=S)C1. The fourth-order valence-electron chi connectivity index (χ4n) is 3.59. The average Bonchev–Trinajstić information content (AvgIpc) is 2.99. The molecule has 1 aliphatic rings. The van der Waals surface area contributed by atoms with Crippen LogP contribution in [0.2, 0.25) is 5.02 Å². The van der Waals surface area contributed by atoms with Gasteiger partial charge in [0.2, 0.25) is 4.77 Å². The zero-order chi connectivity index (χ0) is 18.8. The lowest BCUT2D eigenvalue weighted by atomic mass is 10.1. The van der Waals surface area contributed by atoms with Gasteiger partial charge in [0, 0.05) is 16.3 Å². The number of aliphatic hydroxyl groups excluding tert-OH is 1. The Hall–Kier alpha value is -1.99. The molecule has 27 heavy (non-hydrogen) atoms. The molecule has 4 rings (SSSR count). The van der Waals surface area contributed by atoms with Crippen LogP contribution in [0.3, 0.4) is 0 Å². The zero-order valence-electron chi connectivity index (χ0n) is 14.9. The number of nitrogens with zero attached hydrogens (tertiary/aromatic N) is 3. The number of halogens is 1. The molecule has 1 saturated heterocycles. The first kappa shape index (κ1) is 18.4. The van der Waals surface area contributed by atoms with Crippen molar-refractivity contribution in [3.05, 3.63) is 64.4 Å². The quantitative estimate of drug-likeness (QED) is 0.661. The molecule has 0 aliphatic carbocycles. The highest BCUT2D eigenvalue weighted by Gasteiger charge is 2.23. The topological polar surface area (TPSA) is 47.4 Å². The predicted octanol–water partition coefficient (Wildman–Crippen LogP) is 2.72. The van der Waals surface area contributed by atoms with Gasteiger partial charge in [0.25, 0.3) is 0 Å². The maximum atomic E-state index is 9.97. The molecular formula is C20H22ClN4OS+. The Bertz CT molecular complexity index is 968. The summed E-state index contributed by atoms with van der Waals surface area (Å²) in [6.45, 7) is 2.40. The molecule has 1 fully saturated rings. The van der Waals surface area contributed by atoms with E-state index < -0.39 is 0 Å². The van der Waals surface area contributed by atoms with E-state index in [9.17, 15) is 5.11 Å². The molecule has 1 unspecified atom stereocenters. The summed E-state index contributed by atoms with van der Waals surface area (Å²) in [5.41, 5.74) is 1.94. The van der Waals surface area contributed by atoms with Gasteiger partial charge in [0.05, 0.1) is 6.54 Å². The van der Waals surface area contributed by atoms with Crippen LogP contribution in [0.1, 0.15) is 12.8 Å². The van der Waals surface area contributed by atoms with Crippen LogP contribution in [0.25, 0.3) is 17.1 Å². The summed E-state index contributed by atoms with van der Waals surface area (Å²) in [5, 5.41) is 15.5. The molecule has 1 aliphatic heterocycles. The van der Waals surface area contributed by atoms with E-state index in [1.807, 2.05) is 63.8 Å². The molecule has 2 atom stereocenters. The highest BCUT2D eigenvalue weighted by atomic mass is 35.5. The van der Waals surface area contributed by atoms with Gasteiger partial charge in [-0.2, -0.15) is 4.68 Å². The number of quaternary nitrogens is 1. The van der Waals surface area contributed by atoms with Crippen molar-refractivity contribution in [2.75, 3.05) is 13.1 Å². The number of rotatable bonds is 4. The van der Waals surface area contributed by atoms with E-state index in [2.05, 4.69) is 0 Å². The van der Waals surface area contributed by atoms with Crippen LogP contribution in [0, 0.1) is 4.77 Å². The molecule has 2 aromatic carbocycles. The minimum atomic E-state index is -0.241. The van der Waals surface area contributed by atoms with Crippen molar-refractivity contribution in [3.8, 4) is 17.1 Å². The van der Waals surface area contributed by atoms with E-state index in [4.69, 9.17) is 28.9 Å². The van der Waals surface area contributed by atoms with Crippen molar-refractivity contribution in [1.82, 2.24) is 14.3 Å². The van der Waals surface area contributed by atoms with Crippen LogP contribution in [0.5, 0.6) is 0 Å². The van der Waals surface area contributed by atoms with Gasteiger partial charge < -0.3 is 10.0 Å². The second kappa shape index (κ2) is 7.94. The first-order valence-electron chi connectivity index (χ1n) is 9.14. The first-order chi connectivity index (χ1) is 13.1. The van der Waals surface area contributed by atoms with Crippen molar-refractivity contribution in [2.45, 2.75) is 25.6 Å². The average molecular weight is 402 g/mol. The summed E-state index contributed by atoms with van der Waals surface area (Å²) < 4.78 is 4.52. The van der Waals surface area contributed by atoms with Gasteiger partial charge in [0.1, 0.15) is 12.6 Å². The number of aliphatic hydroxyl groups is 1. The predicted molar refractivity (Wildman–Crippen MR) is 109 cm³/mol. The molecule has 2 heterocycles. The number of hydrogen-bond donors (Lipinski definition) is 2. The molecule has 0 spiro atoms. The molecule has 2 N–H and O–H groups in total. The van der Waals surface area contributed by atoms with E-state index in [0.717, 1.165) is 43.0 Å². The van der Waals surface area contributed by atoms with E-state index in [1.54, 1.807) is 0 Å². The van der Waals surface area contributed by atoms with Gasteiger partial charge >= 0.3 is 0 Å². The third-order valence-electron chi connectivity index (χ3n) is 4.92. The van der Waals surface area contributed by atoms with Crippen LogP contribution in [0.4, 0.5) is 0 Å². The maximum absolute atomic E-state index is 9.97. The van der Waals surface area contributed by atoms with Crippen LogP contribution >= 0.6 is 23.8 Å². The van der Waals surface area contributed by atoms with Crippen molar-refractivity contribution in [1.29, 1.82) is 0 Å². The highest BCUT2D eigenvalue weighted by molar-refractivity contribution is 7.71. The number of hydrogen-bond acceptors (Lipinski definition) is 3. The maximum Gasteiger partial charge on any atom is 0.207 e. The Morgan fingerprint density at radius 1 is 1.15 bits per heavy atom. The highest BCUT2D eigenvalue weighted by Crippen LogP contribution is 2.24. The zero-order valence-corrected chi connectivity index (χ0v) is 16.5. The van der Waals surface area contributed by atoms with Crippen molar-refractivity contribution in [2.24, 2.45) is 0 Å². The monoisotopic (exact) mass is 401 g/mol. The molecule has 0 radical (unpaired) electrons. The number of para-hydroxylation sites is 1. The fraction of sp³-hybridized carbons (Fsp3) is 0.300. The van der Waals surface area contributed by atoms with Crippen LogP contribution in [-0.4, -0.2) is 38.6 Å². The van der Waals surface area contributed by atoms with Crippen molar-refractivity contribution >= 4 is 23.8 Å². The number of piperidine rings is 1. The summed E-state index contributed by atoms with van der Waals surface area (Å²) in [5.74, 6) is 0.792. The summed E-state index contributed by atoms with van der Waals surface area (Å²) in [6.07, 6.45) is 1.66. The molecule has 0 saturated carbocycles. The third-order valence-corrected chi connectivity index (χ3v) is 5.57. The normalized spacial score (nSPS) is 19.9. The lowest BCUT2D eigenvalue weighted by molar-refractivity contribution is -0.931. The number of nitrogens with one attached hydrogen (secondary N) is 1. The molecular weight excluding hydrogens is 380 g/mol. The van der Waals surface area contributed by atoms with Crippen LogP contribution in [0.15, 0.2) is 54.6 Å². The molecule has 0 bridgehead atoms. The summed E-state index contributed by atoms with van der Waals surface area (Å²) in [7, 11) is 0. The van der Waals surface area contributed by atoms with Crippen LogP contribution < -0.4 is 4.90 Å². The lowest BCUT2D eigenvalue weighted by Crippen LogP contribution is -3.13. The van der Waals surface area contributed by atoms with Gasteiger partial charge in [-0.1, -0.05) is 29.8 Å². The Kier molecular flexibility index (Phi) is 5.41. The molecule has 3 aromatic rings. The minimum absolute atomic E-state index is 0.241. The van der Waals surface area contributed by atoms with Crippen molar-refractivity contribution < 1.29 is 10.0 Å². The Labute approximate surface area is 168 Å². The Balaban J connectivity index is 1.77. The first-order valence-corrected chi connectivity index (χ1v) is 9.93. The van der Waals surface area contributed by atoms with Gasteiger partial charge in [0.15, 0.2) is 12.5 Å². The molecule has 140 valence electrons. The fourth-order valence-corrected chi connectivity index (χ4v) is 4.01. The third kappa shape index (κ3) is 3.99. The molecule has 1 aromatic heterocycles. The van der Waals surface area contributed by atoms with Gasteiger partial charge in [-0.25, -0.2) is 0 Å². The molecule has 5 nitrogen and oxygen atoms in total. The summed E-state index contributed by atoms with van der Waals surface area (Å²) in [6, 6.07) is 17.7. The van der Waals surface area contributed by atoms with Gasteiger partial charge in [-0.15, -0.1) is 5.10 Å². The van der Waals surface area contributed by atoms with Gasteiger partial charge in [-0.05, 0) is 61.5 Å². The number of aromatic nitrogens is 3. The standard InChI is InChI=1S/C20H21ClN4OS/c21-16-10-8-15(9-11-16)19-22-24(14-23-12-4-7-18(26)13-23)20(27)25(19)17-5-2-1-3-6-17/h1-3,5-6,8-11,18,26H,4,7,12-14H2/p+1/t18-/m1/s1. The van der Waals surface area contributed by atoms with Crippen molar-refractivity contribution in [3.63, 3.8) is 0 Å². The Morgan fingerprint density at radius 3 is 2.59 bits per heavy atom. The largest absolute Gasteiger partial charge is 0.387 e. The van der Waals surface area contributed by atoms with E-state index in [0.29, 0.717) is 16.5 Å². The minimum Gasteiger partial charge on any atom is -0.387 e. The Morgan fingerprint density at radius 2 is 1.89 bits per heavy atom. The number of benzene rings is 2. The second-order valence-electron chi connectivity index (χ2n) is 6.94. The van der Waals surface area contributed by atoms with E-state index in [-0.39, 0.29) is 6.10 Å². The van der Waals surface area contributed by atoms with E-state index in [1.165, 1.54) is 4.90 Å². The number of likely N-dealkylation sites (tertiary alicyclic amines) is 1.